The first kappa shape index (κ1) is 33.8. The van der Waals surface area contributed by atoms with Crippen molar-refractivity contribution >= 4 is 49.7 Å². The molecule has 42 heavy (non-hydrogen) atoms. The molecule has 0 amide bonds. The molecule has 0 fully saturated rings. The van der Waals surface area contributed by atoms with Crippen molar-refractivity contribution in [1.29, 1.82) is 0 Å². The van der Waals surface area contributed by atoms with Gasteiger partial charge in [-0.15, -0.1) is 0 Å². The molecule has 0 spiro atoms. The Balaban J connectivity index is 2.49. The minimum Gasteiger partial charge on any atom is -0.478 e. The highest BCUT2D eigenvalue weighted by Gasteiger charge is 2.22. The number of aromatic carboxylic acids is 2. The number of rotatable bonds is 15. The van der Waals surface area contributed by atoms with Crippen LogP contribution in [-0.2, 0) is 39.3 Å². The fraction of sp³-hybridized carbons (Fsp3) is 0.231. The monoisotopic (exact) mass is 626 g/mol. The lowest BCUT2D eigenvalue weighted by Crippen LogP contribution is -2.20. The number of hydrogen-bond acceptors (Lipinski definition) is 10. The van der Waals surface area contributed by atoms with E-state index in [1.807, 2.05) is 0 Å². The molecule has 226 valence electrons. The van der Waals surface area contributed by atoms with E-state index in [-0.39, 0.29) is 24.0 Å². The van der Waals surface area contributed by atoms with Crippen molar-refractivity contribution < 1.29 is 64.8 Å². The normalized spacial score (nSPS) is 11.2. The summed E-state index contributed by atoms with van der Waals surface area (Å²) < 4.78 is 71.1. The lowest BCUT2D eigenvalue weighted by atomic mass is 9.95. The van der Waals surface area contributed by atoms with Crippen molar-refractivity contribution in [2.75, 3.05) is 24.7 Å². The second kappa shape index (κ2) is 15.0. The molecule has 2 aromatic carbocycles. The number of allylic oxidation sites excluding steroid dienone is 2. The van der Waals surface area contributed by atoms with E-state index in [0.717, 1.165) is 6.08 Å². The van der Waals surface area contributed by atoms with Crippen molar-refractivity contribution in [3.05, 3.63) is 88.5 Å². The molecule has 4 N–H and O–H groups in total. The summed E-state index contributed by atoms with van der Waals surface area (Å²) in [7, 11) is -8.67. The fourth-order valence-corrected chi connectivity index (χ4v) is 4.26. The molecule has 0 saturated carbocycles. The molecule has 14 nitrogen and oxygen atoms in total. The Morgan fingerprint density at radius 2 is 0.929 bits per heavy atom. The Kier molecular flexibility index (Phi) is 12.1. The number of carbonyl (C=O) groups excluding carboxylic acids is 2. The largest absolute Gasteiger partial charge is 0.478 e. The van der Waals surface area contributed by atoms with Gasteiger partial charge >= 0.3 is 23.9 Å². The molecule has 0 radical (unpaired) electrons. The van der Waals surface area contributed by atoms with E-state index in [1.54, 1.807) is 0 Å². The van der Waals surface area contributed by atoms with Crippen LogP contribution in [0.15, 0.2) is 66.3 Å². The fourth-order valence-electron chi connectivity index (χ4n) is 3.30. The van der Waals surface area contributed by atoms with Crippen LogP contribution in [0.1, 0.15) is 44.7 Å². The van der Waals surface area contributed by atoms with E-state index in [1.165, 1.54) is 54.6 Å². The molecule has 0 aliphatic carbocycles. The van der Waals surface area contributed by atoms with E-state index in [2.05, 4.69) is 0 Å². The highest BCUT2D eigenvalue weighted by Crippen LogP contribution is 2.25. The van der Waals surface area contributed by atoms with Gasteiger partial charge < -0.3 is 19.7 Å². The Hall–Kier alpha value is -4.38. The molecule has 0 aliphatic rings. The highest BCUT2D eigenvalue weighted by molar-refractivity contribution is 7.86. The predicted octanol–water partition coefficient (Wildman–Crippen LogP) is 2.08. The lowest BCUT2D eigenvalue weighted by Gasteiger charge is -2.11. The third-order valence-corrected chi connectivity index (χ3v) is 6.91. The van der Waals surface area contributed by atoms with Gasteiger partial charge in [-0.25, -0.2) is 19.2 Å². The number of esters is 2. The molecular weight excluding hydrogens is 600 g/mol. The second-order valence-corrected chi connectivity index (χ2v) is 11.6. The van der Waals surface area contributed by atoms with Crippen LogP contribution < -0.4 is 0 Å². The molecule has 16 heteroatoms. The minimum absolute atomic E-state index is 0.0301. The van der Waals surface area contributed by atoms with Crippen molar-refractivity contribution in [3.63, 3.8) is 0 Å². The molecule has 2 rings (SSSR count). The summed E-state index contributed by atoms with van der Waals surface area (Å²) in [6.45, 7) is -1.01. The van der Waals surface area contributed by atoms with Gasteiger partial charge in [0, 0.05) is 0 Å². The minimum atomic E-state index is -4.34. The van der Waals surface area contributed by atoms with Gasteiger partial charge in [-0.05, 0) is 59.9 Å². The Bertz CT molecular complexity index is 1470. The zero-order valence-electron chi connectivity index (χ0n) is 21.7. The van der Waals surface area contributed by atoms with Crippen molar-refractivity contribution in [2.45, 2.75) is 12.8 Å². The van der Waals surface area contributed by atoms with E-state index in [9.17, 15) is 46.2 Å². The molecule has 0 heterocycles. The molecule has 0 saturated heterocycles. The zero-order chi connectivity index (χ0) is 31.5. The summed E-state index contributed by atoms with van der Waals surface area (Å²) in [5.74, 6) is -6.31. The average molecular weight is 627 g/mol. The first-order valence-electron chi connectivity index (χ1n) is 11.9. The van der Waals surface area contributed by atoms with Crippen LogP contribution in [0.4, 0.5) is 0 Å². The third-order valence-electron chi connectivity index (χ3n) is 5.30. The summed E-state index contributed by atoms with van der Waals surface area (Å²) >= 11 is 0. The predicted molar refractivity (Wildman–Crippen MR) is 146 cm³/mol. The maximum absolute atomic E-state index is 12.7. The second-order valence-electron chi connectivity index (χ2n) is 8.48. The summed E-state index contributed by atoms with van der Waals surface area (Å²) in [6, 6.07) is 11.0. The van der Waals surface area contributed by atoms with E-state index >= 15 is 0 Å². The third kappa shape index (κ3) is 11.6. The molecule has 0 unspecified atom stereocenters. The van der Waals surface area contributed by atoms with Crippen LogP contribution in [0.5, 0.6) is 0 Å². The lowest BCUT2D eigenvalue weighted by molar-refractivity contribution is -0.147. The van der Waals surface area contributed by atoms with E-state index in [0.29, 0.717) is 16.7 Å². The van der Waals surface area contributed by atoms with Crippen molar-refractivity contribution in [1.82, 2.24) is 0 Å². The van der Waals surface area contributed by atoms with Gasteiger partial charge in [0.1, 0.15) is 5.57 Å². The Morgan fingerprint density at radius 1 is 0.595 bits per heavy atom. The topological polar surface area (TPSA) is 236 Å². The molecule has 2 aromatic rings. The van der Waals surface area contributed by atoms with Crippen molar-refractivity contribution in [2.24, 2.45) is 0 Å². The van der Waals surface area contributed by atoms with Gasteiger partial charge in [-0.3, -0.25) is 9.11 Å². The van der Waals surface area contributed by atoms with Crippen LogP contribution in [-0.4, -0.2) is 84.8 Å². The maximum Gasteiger partial charge on any atom is 0.345 e. The molecule has 0 aromatic heterocycles. The van der Waals surface area contributed by atoms with Gasteiger partial charge in [-0.1, -0.05) is 30.3 Å². The Morgan fingerprint density at radius 3 is 1.24 bits per heavy atom. The number of hydrogen-bond donors (Lipinski definition) is 4. The van der Waals surface area contributed by atoms with Gasteiger partial charge in [0.25, 0.3) is 20.2 Å². The number of carbonyl (C=O) groups is 4. The van der Waals surface area contributed by atoms with E-state index < -0.39 is 74.4 Å². The zero-order valence-corrected chi connectivity index (χ0v) is 23.3. The van der Waals surface area contributed by atoms with Crippen LogP contribution >= 0.6 is 0 Å². The highest BCUT2D eigenvalue weighted by atomic mass is 32.2. The molecule has 0 atom stereocenters. The van der Waals surface area contributed by atoms with Crippen LogP contribution in [0.25, 0.3) is 5.57 Å². The number of ether oxygens (including phenoxy) is 2. The standard InChI is InChI=1S/C26H26O14S2/c27-23(28)19-7-3-17(4-8-19)21(18-5-9-20(10-6-18)24(29)30)11-12-22(25(31)39-13-1-15-41(33,34)35)26(32)40-14-2-16-42(36,37)38/h3-12H,1-2,13-16H2,(H,27,28)(H,29,30)(H,33,34,35)(H,36,37,38). The molecule has 0 bridgehead atoms. The summed E-state index contributed by atoms with van der Waals surface area (Å²) in [6.07, 6.45) is 1.68. The molecule has 0 aliphatic heterocycles. The summed E-state index contributed by atoms with van der Waals surface area (Å²) in [5, 5.41) is 18.4. The summed E-state index contributed by atoms with van der Waals surface area (Å²) in [5.41, 5.74) is 0.355. The quantitative estimate of drug-likeness (QED) is 0.0421. The van der Waals surface area contributed by atoms with E-state index in [4.69, 9.17) is 18.6 Å². The van der Waals surface area contributed by atoms with Gasteiger partial charge in [0.15, 0.2) is 0 Å². The first-order valence-corrected chi connectivity index (χ1v) is 15.1. The van der Waals surface area contributed by atoms with Crippen LogP contribution in [0, 0.1) is 0 Å². The smallest absolute Gasteiger partial charge is 0.345 e. The van der Waals surface area contributed by atoms with Gasteiger partial charge in [-0.2, -0.15) is 16.8 Å². The number of carboxylic acid groups (broad SMARTS) is 2. The maximum atomic E-state index is 12.7. The van der Waals surface area contributed by atoms with Crippen LogP contribution in [0.3, 0.4) is 0 Å². The van der Waals surface area contributed by atoms with Crippen molar-refractivity contribution in [3.8, 4) is 0 Å². The summed E-state index contributed by atoms with van der Waals surface area (Å²) in [4.78, 5) is 48.0. The first-order chi connectivity index (χ1) is 19.6. The molecular formula is C26H26O14S2. The Labute approximate surface area is 240 Å². The van der Waals surface area contributed by atoms with Crippen LogP contribution in [0.2, 0.25) is 0 Å². The van der Waals surface area contributed by atoms with Gasteiger partial charge in [0.05, 0.1) is 35.8 Å². The number of benzene rings is 2. The van der Waals surface area contributed by atoms with Gasteiger partial charge in [0.2, 0.25) is 0 Å². The SMILES string of the molecule is O=C(OCCCS(=O)(=O)O)C(=CC=C(c1ccc(C(=O)O)cc1)c1ccc(C(=O)O)cc1)C(=O)OCCCS(=O)(=O)O. The average Bonchev–Trinajstić information content (AvgIpc) is 2.90. The number of carboxylic acids is 2.